The standard InChI is InChI=1S/C23H20ClN7/c1-13-4-7-17-21(31(3)30-22(17)29-19-9-6-16(24)12-26-19)20(13)14-5-8-18-15(10-14)11-27-23(25-2)28-18/h4-12H,1-3H3,(H,25,27,28)(H,26,29,30). The molecule has 0 saturated carbocycles. The highest BCUT2D eigenvalue weighted by Crippen LogP contribution is 2.36. The van der Waals surface area contributed by atoms with E-state index in [1.165, 1.54) is 5.56 Å². The number of halogens is 1. The fraction of sp³-hybridized carbons (Fsp3) is 0.130. The lowest BCUT2D eigenvalue weighted by molar-refractivity contribution is 0.801. The van der Waals surface area contributed by atoms with E-state index in [0.717, 1.165) is 38.8 Å². The van der Waals surface area contributed by atoms with E-state index < -0.39 is 0 Å². The summed E-state index contributed by atoms with van der Waals surface area (Å²) in [5, 5.41) is 13.6. The molecule has 0 radical (unpaired) electrons. The first-order chi connectivity index (χ1) is 15.0. The number of nitrogens with one attached hydrogen (secondary N) is 2. The Bertz CT molecular complexity index is 1420. The molecular weight excluding hydrogens is 410 g/mol. The van der Waals surface area contributed by atoms with Crippen LogP contribution in [0.2, 0.25) is 5.02 Å². The van der Waals surface area contributed by atoms with Gasteiger partial charge in [0.1, 0.15) is 5.82 Å². The second-order valence-corrected chi connectivity index (χ2v) is 7.77. The molecule has 0 aliphatic heterocycles. The van der Waals surface area contributed by atoms with Gasteiger partial charge in [-0.05, 0) is 48.4 Å². The second kappa shape index (κ2) is 7.52. The molecule has 5 rings (SSSR count). The largest absolute Gasteiger partial charge is 0.357 e. The minimum absolute atomic E-state index is 0.594. The first kappa shape index (κ1) is 19.3. The molecule has 3 heterocycles. The predicted molar refractivity (Wildman–Crippen MR) is 126 cm³/mol. The van der Waals surface area contributed by atoms with E-state index in [9.17, 15) is 0 Å². The molecule has 2 N–H and O–H groups in total. The lowest BCUT2D eigenvalue weighted by atomic mass is 9.96. The fourth-order valence-corrected chi connectivity index (χ4v) is 3.92. The number of nitrogens with zero attached hydrogens (tertiary/aromatic N) is 5. The zero-order valence-corrected chi connectivity index (χ0v) is 18.1. The number of aromatic nitrogens is 5. The van der Waals surface area contributed by atoms with Crippen LogP contribution in [0, 0.1) is 6.92 Å². The molecule has 8 heteroatoms. The van der Waals surface area contributed by atoms with Gasteiger partial charge >= 0.3 is 0 Å². The number of hydrogen-bond donors (Lipinski definition) is 2. The number of anilines is 3. The Labute approximate surface area is 184 Å². The third-order valence-electron chi connectivity index (χ3n) is 5.28. The Morgan fingerprint density at radius 1 is 1.00 bits per heavy atom. The van der Waals surface area contributed by atoms with Gasteiger partial charge in [-0.3, -0.25) is 4.68 Å². The van der Waals surface area contributed by atoms with Gasteiger partial charge in [0, 0.05) is 42.8 Å². The van der Waals surface area contributed by atoms with E-state index in [0.29, 0.717) is 16.8 Å². The van der Waals surface area contributed by atoms with Crippen LogP contribution in [0.3, 0.4) is 0 Å². The molecule has 5 aromatic rings. The van der Waals surface area contributed by atoms with Crippen molar-refractivity contribution in [3.63, 3.8) is 0 Å². The molecule has 0 spiro atoms. The Balaban J connectivity index is 1.65. The number of aryl methyl sites for hydroxylation is 2. The summed E-state index contributed by atoms with van der Waals surface area (Å²) in [6, 6.07) is 14.1. The van der Waals surface area contributed by atoms with E-state index in [1.807, 2.05) is 37.1 Å². The van der Waals surface area contributed by atoms with E-state index in [2.05, 4.69) is 56.8 Å². The normalized spacial score (nSPS) is 11.2. The maximum Gasteiger partial charge on any atom is 0.222 e. The molecule has 7 nitrogen and oxygen atoms in total. The van der Waals surface area contributed by atoms with Gasteiger partial charge in [-0.1, -0.05) is 23.7 Å². The highest BCUT2D eigenvalue weighted by Gasteiger charge is 2.17. The van der Waals surface area contributed by atoms with Crippen LogP contribution in [-0.4, -0.2) is 31.8 Å². The van der Waals surface area contributed by atoms with Crippen LogP contribution in [0.25, 0.3) is 32.9 Å². The van der Waals surface area contributed by atoms with Gasteiger partial charge in [-0.15, -0.1) is 0 Å². The van der Waals surface area contributed by atoms with Crippen molar-refractivity contribution in [2.45, 2.75) is 6.92 Å². The summed E-state index contributed by atoms with van der Waals surface area (Å²) >= 11 is 5.96. The van der Waals surface area contributed by atoms with Gasteiger partial charge in [-0.2, -0.15) is 5.10 Å². The topological polar surface area (TPSA) is 80.5 Å². The number of hydrogen-bond acceptors (Lipinski definition) is 6. The molecule has 0 bridgehead atoms. The molecule has 31 heavy (non-hydrogen) atoms. The molecule has 0 unspecified atom stereocenters. The molecule has 0 aliphatic carbocycles. The van der Waals surface area contributed by atoms with Crippen LogP contribution in [0.5, 0.6) is 0 Å². The van der Waals surface area contributed by atoms with Crippen LogP contribution < -0.4 is 10.6 Å². The molecule has 0 saturated heterocycles. The van der Waals surface area contributed by atoms with Crippen LogP contribution in [0.15, 0.2) is 54.9 Å². The van der Waals surface area contributed by atoms with Crippen LogP contribution in [0.1, 0.15) is 5.56 Å². The maximum atomic E-state index is 5.96. The maximum absolute atomic E-state index is 5.96. The van der Waals surface area contributed by atoms with Crippen molar-refractivity contribution < 1.29 is 0 Å². The molecule has 0 fully saturated rings. The highest BCUT2D eigenvalue weighted by atomic mass is 35.5. The van der Waals surface area contributed by atoms with Gasteiger partial charge in [0.15, 0.2) is 5.82 Å². The third kappa shape index (κ3) is 3.43. The van der Waals surface area contributed by atoms with Crippen LogP contribution >= 0.6 is 11.6 Å². The van der Waals surface area contributed by atoms with Gasteiger partial charge < -0.3 is 10.6 Å². The third-order valence-corrected chi connectivity index (χ3v) is 5.50. The van der Waals surface area contributed by atoms with Gasteiger partial charge in [-0.25, -0.2) is 15.0 Å². The summed E-state index contributed by atoms with van der Waals surface area (Å²) in [5.41, 5.74) is 5.33. The lowest BCUT2D eigenvalue weighted by Crippen LogP contribution is -1.97. The molecule has 0 aliphatic rings. The Morgan fingerprint density at radius 3 is 2.65 bits per heavy atom. The van der Waals surface area contributed by atoms with Crippen molar-refractivity contribution in [3.8, 4) is 11.1 Å². The molecule has 2 aromatic carbocycles. The summed E-state index contributed by atoms with van der Waals surface area (Å²) in [6.07, 6.45) is 3.46. The van der Waals surface area contributed by atoms with Crippen molar-refractivity contribution in [3.05, 3.63) is 65.4 Å². The Hall–Kier alpha value is -3.71. The zero-order chi connectivity index (χ0) is 21.5. The van der Waals surface area contributed by atoms with E-state index in [-0.39, 0.29) is 0 Å². The second-order valence-electron chi connectivity index (χ2n) is 7.33. The van der Waals surface area contributed by atoms with E-state index >= 15 is 0 Å². The summed E-state index contributed by atoms with van der Waals surface area (Å²) in [6.45, 7) is 2.11. The van der Waals surface area contributed by atoms with Crippen molar-refractivity contribution in [1.82, 2.24) is 24.7 Å². The molecule has 3 aromatic heterocycles. The molecule has 0 amide bonds. The number of benzene rings is 2. The van der Waals surface area contributed by atoms with Crippen LogP contribution in [0.4, 0.5) is 17.6 Å². The SMILES string of the molecule is CNc1ncc2cc(-c3c(C)ccc4c(Nc5ccc(Cl)cn5)nn(C)c34)ccc2n1. The Morgan fingerprint density at radius 2 is 1.87 bits per heavy atom. The van der Waals surface area contributed by atoms with Gasteiger partial charge in [0.05, 0.1) is 16.1 Å². The summed E-state index contributed by atoms with van der Waals surface area (Å²) in [5.74, 6) is 2.04. The lowest BCUT2D eigenvalue weighted by Gasteiger charge is -2.11. The highest BCUT2D eigenvalue weighted by molar-refractivity contribution is 6.30. The summed E-state index contributed by atoms with van der Waals surface area (Å²) in [7, 11) is 3.77. The smallest absolute Gasteiger partial charge is 0.222 e. The first-order valence-corrected chi connectivity index (χ1v) is 10.2. The van der Waals surface area contributed by atoms with Crippen molar-refractivity contribution in [2.75, 3.05) is 17.7 Å². The number of pyridine rings is 1. The van der Waals surface area contributed by atoms with Crippen molar-refractivity contribution in [2.24, 2.45) is 7.05 Å². The zero-order valence-electron chi connectivity index (χ0n) is 17.3. The number of fused-ring (bicyclic) bond motifs is 2. The average molecular weight is 430 g/mol. The molecular formula is C23H20ClN7. The quantitative estimate of drug-likeness (QED) is 0.402. The summed E-state index contributed by atoms with van der Waals surface area (Å²) < 4.78 is 1.90. The minimum Gasteiger partial charge on any atom is -0.357 e. The Kier molecular flexibility index (Phi) is 4.67. The average Bonchev–Trinajstić information content (AvgIpc) is 3.09. The monoisotopic (exact) mass is 429 g/mol. The van der Waals surface area contributed by atoms with Gasteiger partial charge in [0.2, 0.25) is 5.95 Å². The fourth-order valence-electron chi connectivity index (χ4n) is 3.81. The minimum atomic E-state index is 0.594. The van der Waals surface area contributed by atoms with E-state index in [1.54, 1.807) is 12.3 Å². The predicted octanol–water partition coefficient (Wildman–Crippen LogP) is 5.33. The first-order valence-electron chi connectivity index (χ1n) is 9.83. The summed E-state index contributed by atoms with van der Waals surface area (Å²) in [4.78, 5) is 13.2. The molecule has 154 valence electrons. The van der Waals surface area contributed by atoms with Crippen LogP contribution in [-0.2, 0) is 7.05 Å². The molecule has 0 atom stereocenters. The van der Waals surface area contributed by atoms with Gasteiger partial charge in [0.25, 0.3) is 0 Å². The number of rotatable bonds is 4. The van der Waals surface area contributed by atoms with Crippen molar-refractivity contribution >= 4 is 51.0 Å². The van der Waals surface area contributed by atoms with E-state index in [4.69, 9.17) is 16.7 Å². The van der Waals surface area contributed by atoms with Crippen molar-refractivity contribution in [1.29, 1.82) is 0 Å².